The molecule has 4 nitrogen and oxygen atoms in total. The van der Waals surface area contributed by atoms with Crippen LogP contribution in [-0.2, 0) is 11.2 Å². The van der Waals surface area contributed by atoms with Crippen molar-refractivity contribution in [2.75, 3.05) is 13.1 Å². The van der Waals surface area contributed by atoms with Crippen LogP contribution in [0.15, 0.2) is 24.3 Å². The zero-order valence-corrected chi connectivity index (χ0v) is 11.8. The number of carbonyl (C=O) groups excluding carboxylic acids is 1. The lowest BCUT2D eigenvalue weighted by Gasteiger charge is -2.20. The van der Waals surface area contributed by atoms with E-state index in [1.54, 1.807) is 18.2 Å². The standard InChI is InChI=1S/C16H21NO3/c1-2-17(11-12-7-8-12)15(18)10-9-13-5-3-4-6-14(13)16(19)20/h3-6,12H,2,7-11H2,1H3,(H,19,20). The predicted molar refractivity (Wildman–Crippen MR) is 76.7 cm³/mol. The Hall–Kier alpha value is -1.84. The van der Waals surface area contributed by atoms with Gasteiger partial charge in [-0.05, 0) is 43.7 Å². The van der Waals surface area contributed by atoms with Gasteiger partial charge < -0.3 is 10.0 Å². The average molecular weight is 275 g/mol. The highest BCUT2D eigenvalue weighted by Crippen LogP contribution is 2.29. The number of aryl methyl sites for hydroxylation is 1. The van der Waals surface area contributed by atoms with Crippen molar-refractivity contribution in [1.82, 2.24) is 4.90 Å². The monoisotopic (exact) mass is 275 g/mol. The van der Waals surface area contributed by atoms with E-state index in [-0.39, 0.29) is 5.91 Å². The highest BCUT2D eigenvalue weighted by molar-refractivity contribution is 5.89. The van der Waals surface area contributed by atoms with Crippen molar-refractivity contribution in [2.24, 2.45) is 5.92 Å². The molecule has 1 N–H and O–H groups in total. The van der Waals surface area contributed by atoms with E-state index in [9.17, 15) is 9.59 Å². The van der Waals surface area contributed by atoms with Gasteiger partial charge in [-0.1, -0.05) is 18.2 Å². The van der Waals surface area contributed by atoms with Crippen molar-refractivity contribution in [2.45, 2.75) is 32.6 Å². The van der Waals surface area contributed by atoms with Crippen LogP contribution in [-0.4, -0.2) is 35.0 Å². The lowest BCUT2D eigenvalue weighted by Crippen LogP contribution is -2.32. The van der Waals surface area contributed by atoms with Crippen LogP contribution >= 0.6 is 0 Å². The number of nitrogens with zero attached hydrogens (tertiary/aromatic N) is 1. The first-order valence-corrected chi connectivity index (χ1v) is 7.20. The van der Waals surface area contributed by atoms with E-state index in [1.807, 2.05) is 17.9 Å². The number of carboxylic acids is 1. The van der Waals surface area contributed by atoms with Crippen LogP contribution in [0.1, 0.15) is 42.1 Å². The number of aromatic carboxylic acids is 1. The largest absolute Gasteiger partial charge is 0.478 e. The van der Waals surface area contributed by atoms with Crippen molar-refractivity contribution in [3.05, 3.63) is 35.4 Å². The number of carboxylic acid groups (broad SMARTS) is 1. The number of hydrogen-bond acceptors (Lipinski definition) is 2. The lowest BCUT2D eigenvalue weighted by molar-refractivity contribution is -0.131. The fraction of sp³-hybridized carbons (Fsp3) is 0.500. The van der Waals surface area contributed by atoms with Crippen LogP contribution in [0.25, 0.3) is 0 Å². The van der Waals surface area contributed by atoms with Crippen molar-refractivity contribution in [3.8, 4) is 0 Å². The number of rotatable bonds is 7. The molecule has 1 fully saturated rings. The Bertz CT molecular complexity index is 494. The first-order chi connectivity index (χ1) is 9.61. The van der Waals surface area contributed by atoms with Gasteiger partial charge in [0, 0.05) is 19.5 Å². The summed E-state index contributed by atoms with van der Waals surface area (Å²) in [6.45, 7) is 3.58. The van der Waals surface area contributed by atoms with Gasteiger partial charge in [-0.3, -0.25) is 4.79 Å². The second-order valence-corrected chi connectivity index (χ2v) is 5.34. The highest BCUT2D eigenvalue weighted by atomic mass is 16.4. The number of carbonyl (C=O) groups is 2. The first kappa shape index (κ1) is 14.6. The molecule has 20 heavy (non-hydrogen) atoms. The maximum Gasteiger partial charge on any atom is 0.335 e. The second kappa shape index (κ2) is 6.55. The highest BCUT2D eigenvalue weighted by Gasteiger charge is 2.25. The Kier molecular flexibility index (Phi) is 4.77. The molecular formula is C16H21NO3. The van der Waals surface area contributed by atoms with Gasteiger partial charge in [-0.2, -0.15) is 0 Å². The maximum atomic E-state index is 12.2. The molecule has 0 spiro atoms. The molecule has 0 atom stereocenters. The molecule has 0 heterocycles. The Balaban J connectivity index is 1.93. The third-order valence-corrected chi connectivity index (χ3v) is 3.77. The minimum absolute atomic E-state index is 0.125. The van der Waals surface area contributed by atoms with Crippen LogP contribution in [0.2, 0.25) is 0 Å². The van der Waals surface area contributed by atoms with Gasteiger partial charge in [0.1, 0.15) is 0 Å². The quantitative estimate of drug-likeness (QED) is 0.832. The molecule has 1 aromatic rings. The minimum Gasteiger partial charge on any atom is -0.478 e. The number of amides is 1. The van der Waals surface area contributed by atoms with Gasteiger partial charge in [-0.15, -0.1) is 0 Å². The van der Waals surface area contributed by atoms with Crippen LogP contribution in [0, 0.1) is 5.92 Å². The van der Waals surface area contributed by atoms with E-state index in [2.05, 4.69) is 0 Å². The summed E-state index contributed by atoms with van der Waals surface area (Å²) in [7, 11) is 0. The lowest BCUT2D eigenvalue weighted by atomic mass is 10.0. The molecule has 0 unspecified atom stereocenters. The topological polar surface area (TPSA) is 57.6 Å². The normalized spacial score (nSPS) is 14.1. The Labute approximate surface area is 119 Å². The molecule has 1 aromatic carbocycles. The molecule has 0 aromatic heterocycles. The minimum atomic E-state index is -0.932. The van der Waals surface area contributed by atoms with Crippen LogP contribution in [0.5, 0.6) is 0 Å². The summed E-state index contributed by atoms with van der Waals surface area (Å²) < 4.78 is 0. The van der Waals surface area contributed by atoms with Gasteiger partial charge in [0.15, 0.2) is 0 Å². The van der Waals surface area contributed by atoms with Gasteiger partial charge in [0.25, 0.3) is 0 Å². The number of benzene rings is 1. The van der Waals surface area contributed by atoms with Crippen molar-refractivity contribution < 1.29 is 14.7 Å². The smallest absolute Gasteiger partial charge is 0.335 e. The molecule has 4 heteroatoms. The summed E-state index contributed by atoms with van der Waals surface area (Å²) in [5.74, 6) is -0.122. The van der Waals surface area contributed by atoms with Crippen molar-refractivity contribution >= 4 is 11.9 Å². The van der Waals surface area contributed by atoms with E-state index < -0.39 is 5.97 Å². The van der Waals surface area contributed by atoms with Crippen LogP contribution in [0.3, 0.4) is 0 Å². The fourth-order valence-corrected chi connectivity index (χ4v) is 2.37. The molecular weight excluding hydrogens is 254 g/mol. The molecule has 108 valence electrons. The SMILES string of the molecule is CCN(CC1CC1)C(=O)CCc1ccccc1C(=O)O. The third kappa shape index (κ3) is 3.83. The Morgan fingerprint density at radius 2 is 2.00 bits per heavy atom. The van der Waals surface area contributed by atoms with Gasteiger partial charge in [-0.25, -0.2) is 4.79 Å². The molecule has 1 amide bonds. The van der Waals surface area contributed by atoms with E-state index in [0.717, 1.165) is 18.7 Å². The Morgan fingerprint density at radius 1 is 1.30 bits per heavy atom. The summed E-state index contributed by atoms with van der Waals surface area (Å²) in [5.41, 5.74) is 1.03. The zero-order chi connectivity index (χ0) is 14.5. The Morgan fingerprint density at radius 3 is 2.60 bits per heavy atom. The van der Waals surface area contributed by atoms with Crippen molar-refractivity contribution in [3.63, 3.8) is 0 Å². The van der Waals surface area contributed by atoms with E-state index in [4.69, 9.17) is 5.11 Å². The number of hydrogen-bond donors (Lipinski definition) is 1. The summed E-state index contributed by atoms with van der Waals surface area (Å²) in [4.78, 5) is 25.2. The van der Waals surface area contributed by atoms with Gasteiger partial charge in [0.2, 0.25) is 5.91 Å². The van der Waals surface area contributed by atoms with Crippen LogP contribution in [0.4, 0.5) is 0 Å². The molecule has 0 saturated heterocycles. The van der Waals surface area contributed by atoms with Crippen LogP contribution < -0.4 is 0 Å². The summed E-state index contributed by atoms with van der Waals surface area (Å²) in [6.07, 6.45) is 3.32. The third-order valence-electron chi connectivity index (χ3n) is 3.77. The molecule has 0 aliphatic heterocycles. The summed E-state index contributed by atoms with van der Waals surface area (Å²) in [6, 6.07) is 6.89. The zero-order valence-electron chi connectivity index (χ0n) is 11.8. The molecule has 1 aliphatic rings. The fourth-order valence-electron chi connectivity index (χ4n) is 2.37. The summed E-state index contributed by atoms with van der Waals surface area (Å²) >= 11 is 0. The van der Waals surface area contributed by atoms with E-state index in [0.29, 0.717) is 24.3 Å². The molecule has 1 saturated carbocycles. The first-order valence-electron chi connectivity index (χ1n) is 7.20. The molecule has 1 aliphatic carbocycles. The second-order valence-electron chi connectivity index (χ2n) is 5.34. The van der Waals surface area contributed by atoms with E-state index in [1.165, 1.54) is 12.8 Å². The molecule has 0 radical (unpaired) electrons. The molecule has 0 bridgehead atoms. The summed E-state index contributed by atoms with van der Waals surface area (Å²) in [5, 5.41) is 9.12. The van der Waals surface area contributed by atoms with E-state index >= 15 is 0 Å². The van der Waals surface area contributed by atoms with Crippen molar-refractivity contribution in [1.29, 1.82) is 0 Å². The average Bonchev–Trinajstić information content (AvgIpc) is 3.26. The van der Waals surface area contributed by atoms with Gasteiger partial charge in [0.05, 0.1) is 5.56 Å². The maximum absolute atomic E-state index is 12.2. The predicted octanol–water partition coefficient (Wildman–Crippen LogP) is 2.58. The van der Waals surface area contributed by atoms with Gasteiger partial charge >= 0.3 is 5.97 Å². The molecule has 2 rings (SSSR count).